The van der Waals surface area contributed by atoms with E-state index in [0.717, 1.165) is 5.56 Å². The van der Waals surface area contributed by atoms with Gasteiger partial charge in [-0.05, 0) is 24.7 Å². The summed E-state index contributed by atoms with van der Waals surface area (Å²) >= 11 is 5.64. The standard InChI is InChI=1S/C12H16ClFN2O.ClH/c1-8(6-15-2)12(17)16-7-9-3-4-11(14)10(13)5-9;/h3-5,8,15H,6-7H2,1-2H3,(H,16,17);1H. The van der Waals surface area contributed by atoms with Crippen LogP contribution in [-0.2, 0) is 11.3 Å². The molecule has 0 saturated heterocycles. The molecule has 102 valence electrons. The molecule has 3 nitrogen and oxygen atoms in total. The number of halogens is 3. The van der Waals surface area contributed by atoms with Crippen LogP contribution in [0.5, 0.6) is 0 Å². The van der Waals surface area contributed by atoms with Crippen LogP contribution >= 0.6 is 24.0 Å². The first-order valence-electron chi connectivity index (χ1n) is 5.41. The molecule has 0 saturated carbocycles. The minimum Gasteiger partial charge on any atom is -0.352 e. The van der Waals surface area contributed by atoms with Gasteiger partial charge < -0.3 is 10.6 Å². The van der Waals surface area contributed by atoms with E-state index in [1.165, 1.54) is 12.1 Å². The van der Waals surface area contributed by atoms with Gasteiger partial charge in [0, 0.05) is 19.0 Å². The third-order valence-electron chi connectivity index (χ3n) is 2.41. The fourth-order valence-corrected chi connectivity index (χ4v) is 1.62. The zero-order chi connectivity index (χ0) is 12.8. The van der Waals surface area contributed by atoms with Crippen molar-refractivity contribution in [2.45, 2.75) is 13.5 Å². The Labute approximate surface area is 118 Å². The Morgan fingerprint density at radius 3 is 2.72 bits per heavy atom. The Morgan fingerprint density at radius 2 is 2.17 bits per heavy atom. The number of hydrogen-bond donors (Lipinski definition) is 2. The van der Waals surface area contributed by atoms with Gasteiger partial charge in [0.05, 0.1) is 5.02 Å². The van der Waals surface area contributed by atoms with Crippen LogP contribution in [0.4, 0.5) is 4.39 Å². The van der Waals surface area contributed by atoms with Gasteiger partial charge in [-0.2, -0.15) is 0 Å². The summed E-state index contributed by atoms with van der Waals surface area (Å²) in [5, 5.41) is 5.77. The van der Waals surface area contributed by atoms with Crippen molar-refractivity contribution < 1.29 is 9.18 Å². The number of amides is 1. The van der Waals surface area contributed by atoms with Gasteiger partial charge in [0.1, 0.15) is 5.82 Å². The van der Waals surface area contributed by atoms with Crippen LogP contribution in [0.15, 0.2) is 18.2 Å². The molecule has 0 aliphatic heterocycles. The van der Waals surface area contributed by atoms with Crippen molar-refractivity contribution >= 4 is 29.9 Å². The number of carbonyl (C=O) groups is 1. The Hall–Kier alpha value is -0.840. The molecule has 1 amide bonds. The number of benzene rings is 1. The second kappa shape index (κ2) is 8.29. The Bertz CT molecular complexity index is 402. The Balaban J connectivity index is 0.00000289. The zero-order valence-electron chi connectivity index (χ0n) is 10.3. The predicted octanol–water partition coefficient (Wildman–Crippen LogP) is 2.37. The summed E-state index contributed by atoms with van der Waals surface area (Å²) < 4.78 is 12.9. The maximum absolute atomic E-state index is 12.9. The molecule has 2 N–H and O–H groups in total. The molecule has 0 aromatic heterocycles. The van der Waals surface area contributed by atoms with E-state index in [-0.39, 0.29) is 29.3 Å². The van der Waals surface area contributed by atoms with Crippen molar-refractivity contribution in [2.24, 2.45) is 5.92 Å². The second-order valence-electron chi connectivity index (χ2n) is 3.92. The highest BCUT2D eigenvalue weighted by atomic mass is 35.5. The van der Waals surface area contributed by atoms with Gasteiger partial charge in [-0.3, -0.25) is 4.79 Å². The molecule has 18 heavy (non-hydrogen) atoms. The molecule has 0 bridgehead atoms. The molecule has 0 fully saturated rings. The topological polar surface area (TPSA) is 41.1 Å². The van der Waals surface area contributed by atoms with E-state index < -0.39 is 5.82 Å². The first kappa shape index (κ1) is 17.2. The number of rotatable bonds is 5. The molecule has 6 heteroatoms. The smallest absolute Gasteiger partial charge is 0.224 e. The van der Waals surface area contributed by atoms with Gasteiger partial charge in [-0.25, -0.2) is 4.39 Å². The lowest BCUT2D eigenvalue weighted by atomic mass is 10.1. The lowest BCUT2D eigenvalue weighted by Crippen LogP contribution is -2.33. The highest BCUT2D eigenvalue weighted by Crippen LogP contribution is 2.15. The first-order chi connectivity index (χ1) is 8.04. The molecule has 1 unspecified atom stereocenters. The summed E-state index contributed by atoms with van der Waals surface area (Å²) in [6.45, 7) is 2.81. The summed E-state index contributed by atoms with van der Waals surface area (Å²) in [6.07, 6.45) is 0. The van der Waals surface area contributed by atoms with E-state index in [2.05, 4.69) is 10.6 Å². The largest absolute Gasteiger partial charge is 0.352 e. The molecule has 1 atom stereocenters. The molecule has 0 aliphatic rings. The van der Waals surface area contributed by atoms with E-state index in [0.29, 0.717) is 13.1 Å². The van der Waals surface area contributed by atoms with E-state index >= 15 is 0 Å². The normalized spacial score (nSPS) is 11.6. The monoisotopic (exact) mass is 294 g/mol. The SMILES string of the molecule is CNCC(C)C(=O)NCc1ccc(F)c(Cl)c1.Cl. The van der Waals surface area contributed by atoms with Crippen LogP contribution < -0.4 is 10.6 Å². The van der Waals surface area contributed by atoms with Crippen molar-refractivity contribution in [1.29, 1.82) is 0 Å². The van der Waals surface area contributed by atoms with Crippen LogP contribution in [0.3, 0.4) is 0 Å². The summed E-state index contributed by atoms with van der Waals surface area (Å²) in [5.41, 5.74) is 0.779. The minimum atomic E-state index is -0.453. The van der Waals surface area contributed by atoms with Gasteiger partial charge in [0.15, 0.2) is 0 Å². The van der Waals surface area contributed by atoms with Crippen molar-refractivity contribution in [3.63, 3.8) is 0 Å². The fourth-order valence-electron chi connectivity index (χ4n) is 1.41. The summed E-state index contributed by atoms with van der Waals surface area (Å²) in [4.78, 5) is 11.6. The number of hydrogen-bond acceptors (Lipinski definition) is 2. The Morgan fingerprint density at radius 1 is 1.50 bits per heavy atom. The Kier molecular flexibility index (Phi) is 7.91. The number of nitrogens with one attached hydrogen (secondary N) is 2. The van der Waals surface area contributed by atoms with Crippen molar-refractivity contribution in [2.75, 3.05) is 13.6 Å². The molecular formula is C12H17Cl2FN2O. The minimum absolute atomic E-state index is 0. The van der Waals surface area contributed by atoms with E-state index in [9.17, 15) is 9.18 Å². The molecule has 0 aliphatic carbocycles. The maximum Gasteiger partial charge on any atom is 0.224 e. The van der Waals surface area contributed by atoms with Crippen molar-refractivity contribution in [3.05, 3.63) is 34.6 Å². The van der Waals surface area contributed by atoms with Crippen LogP contribution in [0, 0.1) is 11.7 Å². The summed E-state index contributed by atoms with van der Waals surface area (Å²) in [5.74, 6) is -0.596. The molecule has 0 spiro atoms. The first-order valence-corrected chi connectivity index (χ1v) is 5.78. The molecule has 0 heterocycles. The predicted molar refractivity (Wildman–Crippen MR) is 73.6 cm³/mol. The molecule has 0 radical (unpaired) electrons. The average Bonchev–Trinajstić information content (AvgIpc) is 2.30. The van der Waals surface area contributed by atoms with Gasteiger partial charge >= 0.3 is 0 Å². The van der Waals surface area contributed by atoms with Crippen LogP contribution in [0.2, 0.25) is 5.02 Å². The molecule has 1 aromatic rings. The second-order valence-corrected chi connectivity index (χ2v) is 4.33. The third-order valence-corrected chi connectivity index (χ3v) is 2.70. The van der Waals surface area contributed by atoms with Gasteiger partial charge in [0.25, 0.3) is 0 Å². The lowest BCUT2D eigenvalue weighted by molar-refractivity contribution is -0.124. The van der Waals surface area contributed by atoms with Crippen LogP contribution in [0.25, 0.3) is 0 Å². The van der Waals surface area contributed by atoms with Crippen LogP contribution in [0.1, 0.15) is 12.5 Å². The molecule has 1 rings (SSSR count). The van der Waals surface area contributed by atoms with Crippen LogP contribution in [-0.4, -0.2) is 19.5 Å². The van der Waals surface area contributed by atoms with Gasteiger partial charge in [0.2, 0.25) is 5.91 Å². The average molecular weight is 295 g/mol. The number of carbonyl (C=O) groups excluding carboxylic acids is 1. The van der Waals surface area contributed by atoms with Gasteiger partial charge in [-0.15, -0.1) is 12.4 Å². The van der Waals surface area contributed by atoms with E-state index in [1.807, 2.05) is 6.92 Å². The third kappa shape index (κ3) is 5.21. The van der Waals surface area contributed by atoms with E-state index in [1.54, 1.807) is 13.1 Å². The zero-order valence-corrected chi connectivity index (χ0v) is 11.9. The van der Waals surface area contributed by atoms with Gasteiger partial charge in [-0.1, -0.05) is 24.6 Å². The summed E-state index contributed by atoms with van der Waals surface area (Å²) in [7, 11) is 1.80. The maximum atomic E-state index is 12.9. The van der Waals surface area contributed by atoms with E-state index in [4.69, 9.17) is 11.6 Å². The molecule has 1 aromatic carbocycles. The summed E-state index contributed by atoms with van der Waals surface area (Å²) in [6, 6.07) is 4.41. The van der Waals surface area contributed by atoms with Crippen molar-refractivity contribution in [3.8, 4) is 0 Å². The van der Waals surface area contributed by atoms with Crippen molar-refractivity contribution in [1.82, 2.24) is 10.6 Å². The highest BCUT2D eigenvalue weighted by Gasteiger charge is 2.11. The lowest BCUT2D eigenvalue weighted by Gasteiger charge is -2.11. The highest BCUT2D eigenvalue weighted by molar-refractivity contribution is 6.30. The molecular weight excluding hydrogens is 278 g/mol. The fraction of sp³-hybridized carbons (Fsp3) is 0.417. The quantitative estimate of drug-likeness (QED) is 0.875.